The van der Waals surface area contributed by atoms with E-state index in [4.69, 9.17) is 15.2 Å². The lowest BCUT2D eigenvalue weighted by Crippen LogP contribution is -2.44. The predicted octanol–water partition coefficient (Wildman–Crippen LogP) is -0.939. The summed E-state index contributed by atoms with van der Waals surface area (Å²) in [5.41, 5.74) is 5.15. The molecule has 2 aromatic rings. The van der Waals surface area contributed by atoms with Crippen LogP contribution in [0.25, 0.3) is 5.69 Å². The van der Waals surface area contributed by atoms with Crippen molar-refractivity contribution in [1.29, 1.82) is 0 Å². The number of carbonyl (C=O) groups excluding carboxylic acids is 2. The molecule has 0 fully saturated rings. The van der Waals surface area contributed by atoms with Gasteiger partial charge in [-0.3, -0.25) is 9.59 Å². The minimum absolute atomic E-state index is 0.129. The van der Waals surface area contributed by atoms with Gasteiger partial charge in [0, 0.05) is 6.07 Å². The molecule has 0 unspecified atom stereocenters. The molecule has 2 heterocycles. The molecule has 3 N–H and O–H groups in total. The topological polar surface area (TPSA) is 130 Å². The lowest BCUT2D eigenvalue weighted by atomic mass is 10.2. The van der Waals surface area contributed by atoms with E-state index in [1.54, 1.807) is 25.1 Å². The number of amides is 2. The van der Waals surface area contributed by atoms with Gasteiger partial charge in [0.05, 0.1) is 5.69 Å². The highest BCUT2D eigenvalue weighted by molar-refractivity contribution is 5.86. The molecule has 0 saturated heterocycles. The van der Waals surface area contributed by atoms with E-state index in [9.17, 15) is 14.4 Å². The van der Waals surface area contributed by atoms with Crippen molar-refractivity contribution >= 4 is 11.8 Å². The van der Waals surface area contributed by atoms with Crippen LogP contribution in [0.1, 0.15) is 12.7 Å². The molecule has 0 radical (unpaired) electrons. The summed E-state index contributed by atoms with van der Waals surface area (Å²) in [6.45, 7) is 2.91. The number of rotatable bonds is 5. The van der Waals surface area contributed by atoms with Crippen LogP contribution < -0.4 is 26.2 Å². The molecule has 10 nitrogen and oxygen atoms in total. The second-order valence-corrected chi connectivity index (χ2v) is 5.55. The molecule has 1 aromatic carbocycles. The monoisotopic (exact) mass is 347 g/mol. The quantitative estimate of drug-likeness (QED) is 0.718. The van der Waals surface area contributed by atoms with Gasteiger partial charge in [0.15, 0.2) is 11.5 Å². The zero-order valence-corrected chi connectivity index (χ0v) is 13.7. The molecule has 10 heteroatoms. The van der Waals surface area contributed by atoms with Crippen LogP contribution in [0.3, 0.4) is 0 Å². The molecule has 2 amide bonds. The maximum absolute atomic E-state index is 12.6. The molecule has 0 bridgehead atoms. The Bertz CT molecular complexity index is 900. The molecular formula is C15H17N5O5. The third-order valence-electron chi connectivity index (χ3n) is 3.71. The number of benzene rings is 1. The van der Waals surface area contributed by atoms with Crippen LogP contribution >= 0.6 is 0 Å². The Morgan fingerprint density at radius 1 is 1.36 bits per heavy atom. The first-order valence-corrected chi connectivity index (χ1v) is 7.52. The van der Waals surface area contributed by atoms with E-state index in [1.165, 1.54) is 11.5 Å². The van der Waals surface area contributed by atoms with E-state index in [-0.39, 0.29) is 13.3 Å². The van der Waals surface area contributed by atoms with Gasteiger partial charge in [0.1, 0.15) is 18.4 Å². The number of nitrogens with two attached hydrogens (primary N) is 1. The smallest absolute Gasteiger partial charge is 0.351 e. The number of nitrogens with one attached hydrogen (secondary N) is 1. The van der Waals surface area contributed by atoms with Gasteiger partial charge in [0.25, 0.3) is 0 Å². The van der Waals surface area contributed by atoms with Gasteiger partial charge in [-0.1, -0.05) is 0 Å². The van der Waals surface area contributed by atoms with E-state index >= 15 is 0 Å². The van der Waals surface area contributed by atoms with Crippen molar-refractivity contribution < 1.29 is 19.1 Å². The fourth-order valence-electron chi connectivity index (χ4n) is 2.43. The average Bonchev–Trinajstić information content (AvgIpc) is 3.11. The van der Waals surface area contributed by atoms with E-state index in [2.05, 4.69) is 10.4 Å². The lowest BCUT2D eigenvalue weighted by Gasteiger charge is -2.09. The van der Waals surface area contributed by atoms with Crippen molar-refractivity contribution in [3.63, 3.8) is 0 Å². The molecule has 0 aliphatic carbocycles. The Morgan fingerprint density at radius 3 is 2.80 bits per heavy atom. The van der Waals surface area contributed by atoms with Gasteiger partial charge >= 0.3 is 5.69 Å². The Kier molecular flexibility index (Phi) is 4.17. The summed E-state index contributed by atoms with van der Waals surface area (Å²) in [5, 5.41) is 6.49. The minimum Gasteiger partial charge on any atom is -0.454 e. The van der Waals surface area contributed by atoms with Crippen LogP contribution in [0, 0.1) is 6.92 Å². The summed E-state index contributed by atoms with van der Waals surface area (Å²) in [5.74, 6) is 0.331. The summed E-state index contributed by atoms with van der Waals surface area (Å²) in [7, 11) is 0. The van der Waals surface area contributed by atoms with Crippen molar-refractivity contribution in [2.45, 2.75) is 26.4 Å². The highest BCUT2D eigenvalue weighted by atomic mass is 16.7. The van der Waals surface area contributed by atoms with Crippen molar-refractivity contribution in [2.75, 3.05) is 6.79 Å². The third-order valence-corrected chi connectivity index (χ3v) is 3.71. The van der Waals surface area contributed by atoms with Crippen LogP contribution in [0.15, 0.2) is 23.0 Å². The fourth-order valence-corrected chi connectivity index (χ4v) is 2.43. The Morgan fingerprint density at radius 2 is 2.08 bits per heavy atom. The fraction of sp³-hybridized carbons (Fsp3) is 0.333. The zero-order chi connectivity index (χ0) is 18.1. The van der Waals surface area contributed by atoms with Gasteiger partial charge in [-0.15, -0.1) is 0 Å². The summed E-state index contributed by atoms with van der Waals surface area (Å²) in [4.78, 5) is 35.5. The molecule has 1 aliphatic rings. The number of hydrogen-bond donors (Lipinski definition) is 2. The van der Waals surface area contributed by atoms with Gasteiger partial charge < -0.3 is 20.5 Å². The van der Waals surface area contributed by atoms with Crippen LogP contribution in [0.2, 0.25) is 0 Å². The van der Waals surface area contributed by atoms with Gasteiger partial charge in [-0.05, 0) is 26.0 Å². The average molecular weight is 347 g/mol. The van der Waals surface area contributed by atoms with Crippen LogP contribution in [-0.2, 0) is 16.1 Å². The molecule has 25 heavy (non-hydrogen) atoms. The second kappa shape index (κ2) is 6.30. The SMILES string of the molecule is Cc1nn(CC(=O)N[C@@H](C)C(N)=O)c(=O)n1-c1ccc2c(c1)OCO2. The number of aryl methyl sites for hydroxylation is 1. The summed E-state index contributed by atoms with van der Waals surface area (Å²) in [6, 6.07) is 4.23. The maximum atomic E-state index is 12.6. The van der Waals surface area contributed by atoms with E-state index in [1.807, 2.05) is 0 Å². The number of ether oxygens (including phenoxy) is 2. The standard InChI is InChI=1S/C15H17N5O5/c1-8(14(16)22)17-13(21)6-19-15(23)20(9(2)18-19)10-3-4-11-12(5-10)25-7-24-11/h3-5,8H,6-7H2,1-2H3,(H2,16,22)(H,17,21)/t8-/m0/s1. The predicted molar refractivity (Wildman–Crippen MR) is 85.5 cm³/mol. The van der Waals surface area contributed by atoms with Crippen molar-refractivity contribution in [1.82, 2.24) is 19.7 Å². The van der Waals surface area contributed by atoms with Crippen LogP contribution in [0.5, 0.6) is 11.5 Å². The number of carbonyl (C=O) groups is 2. The number of primary amides is 1. The maximum Gasteiger partial charge on any atom is 0.351 e. The van der Waals surface area contributed by atoms with Crippen LogP contribution in [-0.4, -0.2) is 39.0 Å². The normalized spacial score (nSPS) is 13.5. The highest BCUT2D eigenvalue weighted by Gasteiger charge is 2.19. The zero-order valence-electron chi connectivity index (χ0n) is 13.7. The number of aromatic nitrogens is 3. The Balaban J connectivity index is 1.85. The minimum atomic E-state index is -0.833. The summed E-state index contributed by atoms with van der Waals surface area (Å²) in [6.07, 6.45) is 0. The first-order valence-electron chi connectivity index (χ1n) is 7.52. The molecule has 0 saturated carbocycles. The largest absolute Gasteiger partial charge is 0.454 e. The summed E-state index contributed by atoms with van der Waals surface area (Å²) >= 11 is 0. The van der Waals surface area contributed by atoms with Gasteiger partial charge in [-0.2, -0.15) is 5.10 Å². The van der Waals surface area contributed by atoms with Gasteiger partial charge in [0.2, 0.25) is 18.6 Å². The first-order chi connectivity index (χ1) is 11.9. The Hall–Kier alpha value is -3.30. The highest BCUT2D eigenvalue weighted by Crippen LogP contribution is 2.33. The number of nitrogens with zero attached hydrogens (tertiary/aromatic N) is 3. The summed E-state index contributed by atoms with van der Waals surface area (Å²) < 4.78 is 12.9. The second-order valence-electron chi connectivity index (χ2n) is 5.55. The van der Waals surface area contributed by atoms with Crippen LogP contribution in [0.4, 0.5) is 0 Å². The third kappa shape index (κ3) is 3.18. The first kappa shape index (κ1) is 16.6. The number of fused-ring (bicyclic) bond motifs is 1. The van der Waals surface area contributed by atoms with E-state index in [0.717, 1.165) is 4.68 Å². The van der Waals surface area contributed by atoms with E-state index < -0.39 is 23.5 Å². The molecule has 3 rings (SSSR count). The molecule has 1 aliphatic heterocycles. The number of hydrogen-bond acceptors (Lipinski definition) is 6. The van der Waals surface area contributed by atoms with Gasteiger partial charge in [-0.25, -0.2) is 14.0 Å². The molecule has 1 atom stereocenters. The lowest BCUT2D eigenvalue weighted by molar-refractivity contribution is -0.127. The van der Waals surface area contributed by atoms with Crippen molar-refractivity contribution in [3.8, 4) is 17.2 Å². The Labute approximate surface area is 142 Å². The van der Waals surface area contributed by atoms with Crippen molar-refractivity contribution in [3.05, 3.63) is 34.5 Å². The van der Waals surface area contributed by atoms with Crippen molar-refractivity contribution in [2.24, 2.45) is 5.73 Å². The van der Waals surface area contributed by atoms with E-state index in [0.29, 0.717) is 23.0 Å². The molecule has 132 valence electrons. The molecular weight excluding hydrogens is 330 g/mol. The molecule has 0 spiro atoms. The molecule has 1 aromatic heterocycles.